The molecular weight excluding hydrogens is 334 g/mol. The molecule has 1 unspecified atom stereocenters. The average molecular weight is 363 g/mol. The highest BCUT2D eigenvalue weighted by Gasteiger charge is 2.31. The van der Waals surface area contributed by atoms with Crippen molar-refractivity contribution < 1.29 is 23.8 Å². The second-order valence-electron chi connectivity index (χ2n) is 8.53. The number of carbonyl (C=O) groups is 2. The van der Waals surface area contributed by atoms with Gasteiger partial charge in [-0.25, -0.2) is 9.59 Å². The molecule has 1 heterocycles. The Labute approximate surface area is 155 Å². The molecule has 1 aromatic rings. The number of amides is 1. The Hall–Kier alpha value is -2.24. The van der Waals surface area contributed by atoms with Crippen molar-refractivity contribution in [3.8, 4) is 5.75 Å². The Morgan fingerprint density at radius 3 is 2.23 bits per heavy atom. The van der Waals surface area contributed by atoms with Gasteiger partial charge in [0.1, 0.15) is 17.0 Å². The molecule has 0 saturated heterocycles. The Morgan fingerprint density at radius 1 is 1.04 bits per heavy atom. The number of nitrogens with zero attached hydrogens (tertiary/aromatic N) is 1. The molecule has 0 aromatic heterocycles. The van der Waals surface area contributed by atoms with Crippen LogP contribution >= 0.6 is 0 Å². The van der Waals surface area contributed by atoms with Crippen LogP contribution in [0.2, 0.25) is 0 Å². The predicted octanol–water partition coefficient (Wildman–Crippen LogP) is 4.85. The van der Waals surface area contributed by atoms with Crippen molar-refractivity contribution in [1.82, 2.24) is 4.90 Å². The molecule has 26 heavy (non-hydrogen) atoms. The Morgan fingerprint density at radius 2 is 1.65 bits per heavy atom. The van der Waals surface area contributed by atoms with Crippen molar-refractivity contribution >= 4 is 12.2 Å². The third-order valence-corrected chi connectivity index (χ3v) is 3.87. The largest absolute Gasteiger partial charge is 0.514 e. The molecule has 6 nitrogen and oxygen atoms in total. The smallest absolute Gasteiger partial charge is 0.444 e. The van der Waals surface area contributed by atoms with Gasteiger partial charge in [0.2, 0.25) is 0 Å². The van der Waals surface area contributed by atoms with Crippen LogP contribution in [0.15, 0.2) is 18.2 Å². The summed E-state index contributed by atoms with van der Waals surface area (Å²) < 4.78 is 15.9. The van der Waals surface area contributed by atoms with E-state index in [9.17, 15) is 9.59 Å². The number of rotatable bonds is 1. The van der Waals surface area contributed by atoms with Crippen LogP contribution in [-0.2, 0) is 15.9 Å². The van der Waals surface area contributed by atoms with Crippen molar-refractivity contribution in [2.75, 3.05) is 6.54 Å². The van der Waals surface area contributed by atoms with Gasteiger partial charge in [-0.15, -0.1) is 0 Å². The first-order chi connectivity index (χ1) is 11.9. The topological polar surface area (TPSA) is 65.1 Å². The summed E-state index contributed by atoms with van der Waals surface area (Å²) in [6.07, 6.45) is -0.369. The fraction of sp³-hybridized carbons (Fsp3) is 0.600. The number of ether oxygens (including phenoxy) is 3. The Kier molecular flexibility index (Phi) is 5.54. The van der Waals surface area contributed by atoms with Crippen LogP contribution in [0.5, 0.6) is 5.75 Å². The van der Waals surface area contributed by atoms with Crippen LogP contribution in [-0.4, -0.2) is 34.9 Å². The van der Waals surface area contributed by atoms with Crippen LogP contribution in [0, 0.1) is 0 Å². The zero-order chi connectivity index (χ0) is 19.7. The normalized spacial score (nSPS) is 17.3. The number of benzene rings is 1. The van der Waals surface area contributed by atoms with E-state index in [-0.39, 0.29) is 12.1 Å². The monoisotopic (exact) mass is 363 g/mol. The lowest BCUT2D eigenvalue weighted by Gasteiger charge is -2.36. The maximum atomic E-state index is 12.4. The van der Waals surface area contributed by atoms with E-state index in [0.29, 0.717) is 18.7 Å². The molecule has 0 saturated carbocycles. The quantitative estimate of drug-likeness (QED) is 0.527. The summed E-state index contributed by atoms with van der Waals surface area (Å²) >= 11 is 0. The number of hydrogen-bond acceptors (Lipinski definition) is 5. The van der Waals surface area contributed by atoms with Crippen LogP contribution in [0.3, 0.4) is 0 Å². The van der Waals surface area contributed by atoms with Crippen molar-refractivity contribution in [2.45, 2.75) is 72.1 Å². The SMILES string of the molecule is CC1c2ccc(OC(=O)OC(C)(C)C)cc2CCN1C(=O)OC(C)(C)C. The van der Waals surface area contributed by atoms with Gasteiger partial charge in [0.15, 0.2) is 0 Å². The zero-order valence-electron chi connectivity index (χ0n) is 16.7. The van der Waals surface area contributed by atoms with Gasteiger partial charge < -0.3 is 19.1 Å². The summed E-state index contributed by atoms with van der Waals surface area (Å²) in [5.74, 6) is 0.441. The molecule has 2 rings (SSSR count). The van der Waals surface area contributed by atoms with E-state index < -0.39 is 17.4 Å². The van der Waals surface area contributed by atoms with Gasteiger partial charge >= 0.3 is 12.2 Å². The number of fused-ring (bicyclic) bond motifs is 1. The first kappa shape index (κ1) is 20.1. The summed E-state index contributed by atoms with van der Waals surface area (Å²) in [6, 6.07) is 5.33. The maximum absolute atomic E-state index is 12.4. The van der Waals surface area contributed by atoms with E-state index in [1.807, 2.05) is 39.8 Å². The lowest BCUT2D eigenvalue weighted by atomic mass is 9.93. The molecule has 0 fully saturated rings. The first-order valence-corrected chi connectivity index (χ1v) is 8.89. The molecule has 0 N–H and O–H groups in total. The van der Waals surface area contributed by atoms with Crippen LogP contribution in [0.4, 0.5) is 9.59 Å². The lowest BCUT2D eigenvalue weighted by Crippen LogP contribution is -2.42. The summed E-state index contributed by atoms with van der Waals surface area (Å²) in [5.41, 5.74) is 0.952. The molecule has 1 atom stereocenters. The average Bonchev–Trinajstić information content (AvgIpc) is 2.43. The maximum Gasteiger partial charge on any atom is 0.514 e. The van der Waals surface area contributed by atoms with Gasteiger partial charge in [-0.3, -0.25) is 0 Å². The van der Waals surface area contributed by atoms with E-state index >= 15 is 0 Å². The zero-order valence-corrected chi connectivity index (χ0v) is 16.7. The van der Waals surface area contributed by atoms with Gasteiger partial charge in [0.05, 0.1) is 6.04 Å². The molecule has 1 amide bonds. The lowest BCUT2D eigenvalue weighted by molar-refractivity contribution is 0.0159. The van der Waals surface area contributed by atoms with E-state index in [1.54, 1.807) is 31.7 Å². The summed E-state index contributed by atoms with van der Waals surface area (Å²) in [4.78, 5) is 25.9. The number of carbonyl (C=O) groups excluding carboxylic acids is 2. The van der Waals surface area contributed by atoms with E-state index in [0.717, 1.165) is 11.1 Å². The fourth-order valence-electron chi connectivity index (χ4n) is 2.81. The first-order valence-electron chi connectivity index (χ1n) is 8.89. The highest BCUT2D eigenvalue weighted by molar-refractivity contribution is 5.70. The highest BCUT2D eigenvalue weighted by atomic mass is 16.7. The van der Waals surface area contributed by atoms with Crippen molar-refractivity contribution in [3.05, 3.63) is 29.3 Å². The molecule has 1 aliphatic heterocycles. The molecule has 1 aromatic carbocycles. The molecule has 1 aliphatic rings. The molecule has 144 valence electrons. The fourth-order valence-corrected chi connectivity index (χ4v) is 2.81. The third-order valence-electron chi connectivity index (χ3n) is 3.87. The van der Waals surface area contributed by atoms with Crippen LogP contribution in [0.1, 0.15) is 65.6 Å². The Bertz CT molecular complexity index is 684. The second-order valence-corrected chi connectivity index (χ2v) is 8.53. The van der Waals surface area contributed by atoms with Gasteiger partial charge in [-0.05, 0) is 78.1 Å². The van der Waals surface area contributed by atoms with E-state index in [4.69, 9.17) is 14.2 Å². The summed E-state index contributed by atoms with van der Waals surface area (Å²) in [5, 5.41) is 0. The highest BCUT2D eigenvalue weighted by Crippen LogP contribution is 2.33. The summed E-state index contributed by atoms with van der Waals surface area (Å²) in [6.45, 7) is 13.4. The molecular formula is C20H29NO5. The van der Waals surface area contributed by atoms with E-state index in [1.165, 1.54) is 0 Å². The van der Waals surface area contributed by atoms with Crippen LogP contribution in [0.25, 0.3) is 0 Å². The van der Waals surface area contributed by atoms with Gasteiger partial charge in [-0.1, -0.05) is 6.07 Å². The van der Waals surface area contributed by atoms with E-state index in [2.05, 4.69) is 0 Å². The minimum atomic E-state index is -0.725. The molecule has 6 heteroatoms. The second kappa shape index (κ2) is 7.17. The van der Waals surface area contributed by atoms with Gasteiger partial charge in [-0.2, -0.15) is 0 Å². The Balaban J connectivity index is 2.10. The minimum absolute atomic E-state index is 0.107. The predicted molar refractivity (Wildman–Crippen MR) is 98.4 cm³/mol. The number of hydrogen-bond donors (Lipinski definition) is 0. The van der Waals surface area contributed by atoms with Gasteiger partial charge in [0.25, 0.3) is 0 Å². The third kappa shape index (κ3) is 5.38. The van der Waals surface area contributed by atoms with Crippen molar-refractivity contribution in [1.29, 1.82) is 0 Å². The van der Waals surface area contributed by atoms with Crippen LogP contribution < -0.4 is 4.74 Å². The molecule has 0 aliphatic carbocycles. The molecule has 0 bridgehead atoms. The molecule has 0 spiro atoms. The summed E-state index contributed by atoms with van der Waals surface area (Å²) in [7, 11) is 0. The van der Waals surface area contributed by atoms with Crippen molar-refractivity contribution in [3.63, 3.8) is 0 Å². The molecule has 0 radical (unpaired) electrons. The minimum Gasteiger partial charge on any atom is -0.444 e. The van der Waals surface area contributed by atoms with Gasteiger partial charge in [0, 0.05) is 6.54 Å². The van der Waals surface area contributed by atoms with Crippen molar-refractivity contribution in [2.24, 2.45) is 0 Å². The standard InChI is InChI=1S/C20H29NO5/c1-13-16-9-8-15(24-18(23)26-20(5,6)7)12-14(16)10-11-21(13)17(22)25-19(2,3)4/h8-9,12-13H,10-11H2,1-7H3.